The molecule has 2 aromatic heterocycles. The van der Waals surface area contributed by atoms with Crippen LogP contribution in [0, 0.1) is 5.92 Å². The van der Waals surface area contributed by atoms with Crippen LogP contribution in [-0.4, -0.2) is 44.2 Å². The van der Waals surface area contributed by atoms with Crippen LogP contribution in [0.3, 0.4) is 0 Å². The number of rotatable bonds is 8. The molecule has 4 aromatic rings. The van der Waals surface area contributed by atoms with Crippen LogP contribution >= 0.6 is 0 Å². The Hall–Kier alpha value is -4.20. The van der Waals surface area contributed by atoms with Gasteiger partial charge in [0.15, 0.2) is 0 Å². The molecule has 2 aromatic carbocycles. The first-order valence-electron chi connectivity index (χ1n) is 13.9. The second-order valence-electron chi connectivity index (χ2n) is 10.6. The Balaban J connectivity index is 1.21. The van der Waals surface area contributed by atoms with E-state index in [0.717, 1.165) is 66.9 Å². The fourth-order valence-electron chi connectivity index (χ4n) is 5.91. The molecule has 1 aliphatic carbocycles. The molecule has 2 amide bonds. The molecule has 8 nitrogen and oxygen atoms in total. The van der Waals surface area contributed by atoms with Gasteiger partial charge >= 0.3 is 0 Å². The maximum atomic E-state index is 12.8. The van der Waals surface area contributed by atoms with Gasteiger partial charge in [-0.25, -0.2) is 9.97 Å². The number of nitrogens with zero attached hydrogens (tertiary/aromatic N) is 4. The third-order valence-electron chi connectivity index (χ3n) is 8.02. The normalized spacial score (nSPS) is 19.1. The van der Waals surface area contributed by atoms with Crippen LogP contribution < -0.4 is 10.5 Å². The van der Waals surface area contributed by atoms with E-state index in [4.69, 9.17) is 15.5 Å². The molecule has 6 rings (SSSR count). The highest BCUT2D eigenvalue weighted by molar-refractivity contribution is 6.21. The lowest BCUT2D eigenvalue weighted by Crippen LogP contribution is -2.35. The van der Waals surface area contributed by atoms with Gasteiger partial charge in [0.25, 0.3) is 11.8 Å². The van der Waals surface area contributed by atoms with Crippen LogP contribution in [0.5, 0.6) is 5.75 Å². The largest absolute Gasteiger partial charge is 0.494 e. The van der Waals surface area contributed by atoms with Crippen molar-refractivity contribution in [3.05, 3.63) is 77.9 Å². The Labute approximate surface area is 227 Å². The van der Waals surface area contributed by atoms with Gasteiger partial charge in [-0.1, -0.05) is 37.6 Å². The van der Waals surface area contributed by atoms with Gasteiger partial charge in [-0.3, -0.25) is 18.9 Å². The summed E-state index contributed by atoms with van der Waals surface area (Å²) >= 11 is 0. The fourth-order valence-corrected chi connectivity index (χ4v) is 5.91. The summed E-state index contributed by atoms with van der Waals surface area (Å²) in [5, 5.41) is 0. The van der Waals surface area contributed by atoms with E-state index in [2.05, 4.69) is 16.3 Å². The Bertz CT molecular complexity index is 1500. The number of nitrogens with two attached hydrogens (primary N) is 1. The zero-order chi connectivity index (χ0) is 26.9. The molecule has 0 radical (unpaired) electrons. The highest BCUT2D eigenvalue weighted by Gasteiger charge is 2.37. The number of ether oxygens (including phenoxy) is 1. The van der Waals surface area contributed by atoms with E-state index in [1.165, 1.54) is 4.90 Å². The number of carbonyl (C=O) groups excluding carboxylic acids is 2. The number of carbonyl (C=O) groups is 2. The maximum Gasteiger partial charge on any atom is 0.261 e. The topological polar surface area (TPSA) is 103 Å². The lowest BCUT2D eigenvalue weighted by Gasteiger charge is -2.30. The van der Waals surface area contributed by atoms with E-state index in [9.17, 15) is 9.59 Å². The molecule has 0 spiro atoms. The number of imide groups is 1. The summed E-state index contributed by atoms with van der Waals surface area (Å²) in [4.78, 5) is 36.6. The first-order valence-corrected chi connectivity index (χ1v) is 13.9. The van der Waals surface area contributed by atoms with Gasteiger partial charge < -0.3 is 10.5 Å². The summed E-state index contributed by atoms with van der Waals surface area (Å²) in [5.74, 6) is 2.41. The Morgan fingerprint density at radius 1 is 1.00 bits per heavy atom. The smallest absolute Gasteiger partial charge is 0.261 e. The van der Waals surface area contributed by atoms with Crippen molar-refractivity contribution in [2.45, 2.75) is 51.4 Å². The average Bonchev–Trinajstić information content (AvgIpc) is 3.47. The highest BCUT2D eigenvalue weighted by Crippen LogP contribution is 2.39. The zero-order valence-electron chi connectivity index (χ0n) is 22.2. The minimum atomic E-state index is -0.175. The molecule has 1 fully saturated rings. The van der Waals surface area contributed by atoms with Gasteiger partial charge in [0.1, 0.15) is 28.6 Å². The average molecular weight is 524 g/mol. The number of hydrogen-bond acceptors (Lipinski definition) is 6. The summed E-state index contributed by atoms with van der Waals surface area (Å²) in [5.41, 5.74) is 9.97. The molecular weight excluding hydrogens is 490 g/mol. The van der Waals surface area contributed by atoms with Gasteiger partial charge in [-0.05, 0) is 62.3 Å². The van der Waals surface area contributed by atoms with Crippen LogP contribution in [0.4, 0.5) is 5.82 Å². The number of anilines is 1. The number of benzene rings is 2. The summed E-state index contributed by atoms with van der Waals surface area (Å²) in [7, 11) is 0. The van der Waals surface area contributed by atoms with E-state index < -0.39 is 0 Å². The predicted octanol–water partition coefficient (Wildman–Crippen LogP) is 5.73. The Morgan fingerprint density at radius 2 is 1.74 bits per heavy atom. The van der Waals surface area contributed by atoms with Crippen molar-refractivity contribution in [2.24, 2.45) is 5.92 Å². The van der Waals surface area contributed by atoms with Crippen molar-refractivity contribution in [1.29, 1.82) is 0 Å². The molecule has 2 N–H and O–H groups in total. The SMILES string of the molecule is CCCCOc1cccc(-c2nc([C@H]3CC[C@H](CN4C(=O)c5ccccc5C4=O)CC3)n3ccnc(N)c23)c1. The first kappa shape index (κ1) is 25.1. The first-order chi connectivity index (χ1) is 19.0. The number of hydrogen-bond donors (Lipinski definition) is 1. The Morgan fingerprint density at radius 3 is 2.46 bits per heavy atom. The molecule has 3 heterocycles. The lowest BCUT2D eigenvalue weighted by molar-refractivity contribution is 0.0614. The lowest BCUT2D eigenvalue weighted by atomic mass is 9.81. The predicted molar refractivity (Wildman–Crippen MR) is 150 cm³/mol. The number of unbranched alkanes of at least 4 members (excludes halogenated alkanes) is 1. The summed E-state index contributed by atoms with van der Waals surface area (Å²) in [6.45, 7) is 3.30. The molecule has 1 saturated carbocycles. The Kier molecular flexibility index (Phi) is 6.77. The van der Waals surface area contributed by atoms with E-state index >= 15 is 0 Å². The van der Waals surface area contributed by atoms with Gasteiger partial charge in [0.05, 0.1) is 17.7 Å². The van der Waals surface area contributed by atoms with Crippen molar-refractivity contribution in [3.8, 4) is 17.0 Å². The number of amides is 2. The molecule has 0 bridgehead atoms. The summed E-state index contributed by atoms with van der Waals surface area (Å²) < 4.78 is 8.02. The summed E-state index contributed by atoms with van der Waals surface area (Å²) in [6.07, 6.45) is 9.43. The molecule has 2 aliphatic rings. The second kappa shape index (κ2) is 10.5. The molecular formula is C31H33N5O3. The van der Waals surface area contributed by atoms with Crippen molar-refractivity contribution >= 4 is 23.1 Å². The van der Waals surface area contributed by atoms with Crippen LogP contribution in [0.15, 0.2) is 60.9 Å². The molecule has 39 heavy (non-hydrogen) atoms. The van der Waals surface area contributed by atoms with Crippen molar-refractivity contribution in [1.82, 2.24) is 19.3 Å². The number of nitrogen functional groups attached to an aromatic ring is 1. The fraction of sp³-hybridized carbons (Fsp3) is 0.355. The minimum absolute atomic E-state index is 0.175. The molecule has 0 unspecified atom stereocenters. The van der Waals surface area contributed by atoms with Crippen molar-refractivity contribution in [2.75, 3.05) is 18.9 Å². The zero-order valence-corrected chi connectivity index (χ0v) is 22.2. The number of fused-ring (bicyclic) bond motifs is 2. The van der Waals surface area contributed by atoms with Gasteiger partial charge in [0, 0.05) is 30.4 Å². The number of aromatic nitrogens is 3. The number of imidazole rings is 1. The van der Waals surface area contributed by atoms with Gasteiger partial charge in [-0.2, -0.15) is 0 Å². The van der Waals surface area contributed by atoms with E-state index in [0.29, 0.717) is 30.1 Å². The van der Waals surface area contributed by atoms with Crippen LogP contribution in [0.2, 0.25) is 0 Å². The van der Waals surface area contributed by atoms with E-state index in [1.54, 1.807) is 30.5 Å². The van der Waals surface area contributed by atoms with Crippen LogP contribution in [0.25, 0.3) is 16.8 Å². The highest BCUT2D eigenvalue weighted by atomic mass is 16.5. The molecule has 8 heteroatoms. The molecule has 0 atom stereocenters. The molecule has 200 valence electrons. The molecule has 1 aliphatic heterocycles. The van der Waals surface area contributed by atoms with Gasteiger partial charge in [0.2, 0.25) is 0 Å². The standard InChI is InChI=1S/C31H33N5O3/c1-2-3-17-39-23-8-6-7-22(18-23)26-27-28(32)33-15-16-35(27)29(34-26)21-13-11-20(12-14-21)19-36-30(37)24-9-4-5-10-25(24)31(36)38/h4-10,15-16,18,20-21H,2-3,11-14,17,19H2,1H3,(H2,32,33)/t20-,21-. The van der Waals surface area contributed by atoms with E-state index in [-0.39, 0.29) is 23.7 Å². The monoisotopic (exact) mass is 523 g/mol. The van der Waals surface area contributed by atoms with Crippen LogP contribution in [-0.2, 0) is 0 Å². The van der Waals surface area contributed by atoms with Crippen molar-refractivity contribution < 1.29 is 14.3 Å². The molecule has 0 saturated heterocycles. The van der Waals surface area contributed by atoms with Gasteiger partial charge in [-0.15, -0.1) is 0 Å². The van der Waals surface area contributed by atoms with E-state index in [1.807, 2.05) is 30.5 Å². The minimum Gasteiger partial charge on any atom is -0.494 e. The third kappa shape index (κ3) is 4.64. The summed E-state index contributed by atoms with van der Waals surface area (Å²) in [6, 6.07) is 15.1. The quantitative estimate of drug-likeness (QED) is 0.234. The third-order valence-corrected chi connectivity index (χ3v) is 8.02. The second-order valence-corrected chi connectivity index (χ2v) is 10.6. The van der Waals surface area contributed by atoms with Crippen LogP contribution in [0.1, 0.15) is 77.9 Å². The maximum absolute atomic E-state index is 12.8. The van der Waals surface area contributed by atoms with Crippen molar-refractivity contribution in [3.63, 3.8) is 0 Å².